The van der Waals surface area contributed by atoms with Crippen LogP contribution in [0.4, 0.5) is 93.9 Å². The largest absolute Gasteiger partial charge is 0.491 e. The second-order valence-corrected chi connectivity index (χ2v) is 21.6. The fourth-order valence-corrected chi connectivity index (χ4v) is 11.4. The molecular formula is C43H48F19NO6Si. The summed E-state index contributed by atoms with van der Waals surface area (Å²) >= 11 is 0. The van der Waals surface area contributed by atoms with Crippen LogP contribution in [-0.2, 0) is 18.7 Å². The van der Waals surface area contributed by atoms with E-state index < -0.39 is 134 Å². The maximum atomic E-state index is 15.0. The van der Waals surface area contributed by atoms with E-state index in [0.29, 0.717) is 17.2 Å². The smallest absolute Gasteiger partial charge is 0.460 e. The minimum atomic E-state index is -8.72. The van der Waals surface area contributed by atoms with Crippen molar-refractivity contribution < 1.29 is 112 Å². The molecule has 0 fully saturated rings. The molecule has 7 nitrogen and oxygen atoms in total. The van der Waals surface area contributed by atoms with Crippen LogP contribution in [0.2, 0.25) is 17.1 Å². The molecule has 1 N–H and O–H groups in total. The number of ether oxygens (including phenoxy) is 3. The molecule has 0 bridgehead atoms. The predicted octanol–water partition coefficient (Wildman–Crippen LogP) is 14.9. The van der Waals surface area contributed by atoms with Gasteiger partial charge in [-0.2, -0.15) is 74.6 Å². The third-order valence-corrected chi connectivity index (χ3v) is 16.8. The van der Waals surface area contributed by atoms with E-state index in [0.717, 1.165) is 12.1 Å². The third-order valence-electron chi connectivity index (χ3n) is 11.2. The van der Waals surface area contributed by atoms with Crippen LogP contribution >= 0.6 is 0 Å². The SMILES string of the molecule is CCOC(=O)/C=C(C)/C=C(\C)[C@@H](C)[C@@H](OC(=O)Nc1ccc(F)cc1F)c1ccc(OCCO[Si](CCC(F)(F)C(F)(F)C(F)(F)C(F)(F)C(F)(F)C(F)(F)C(F)(F)C(F)(F)F)(C(C)C)C(C)C)cc1. The molecule has 2 aromatic carbocycles. The van der Waals surface area contributed by atoms with Crippen molar-refractivity contribution >= 4 is 26.1 Å². The Morgan fingerprint density at radius 1 is 0.671 bits per heavy atom. The van der Waals surface area contributed by atoms with E-state index in [1.807, 2.05) is 0 Å². The van der Waals surface area contributed by atoms with Crippen LogP contribution in [0.25, 0.3) is 0 Å². The number of rotatable bonds is 24. The predicted molar refractivity (Wildman–Crippen MR) is 216 cm³/mol. The van der Waals surface area contributed by atoms with Gasteiger partial charge in [-0.15, -0.1) is 0 Å². The zero-order valence-electron chi connectivity index (χ0n) is 38.2. The molecule has 0 heterocycles. The van der Waals surface area contributed by atoms with Gasteiger partial charge in [-0.05, 0) is 73.3 Å². The summed E-state index contributed by atoms with van der Waals surface area (Å²) in [4.78, 5) is 25.0. The van der Waals surface area contributed by atoms with Gasteiger partial charge in [0.15, 0.2) is 8.32 Å². The molecule has 0 saturated carbocycles. The molecule has 0 saturated heterocycles. The first-order chi connectivity index (χ1) is 31.6. The Morgan fingerprint density at radius 3 is 1.64 bits per heavy atom. The van der Waals surface area contributed by atoms with Gasteiger partial charge in [0.1, 0.15) is 30.1 Å². The highest BCUT2D eigenvalue weighted by Gasteiger charge is 2.95. The quantitative estimate of drug-likeness (QED) is 0.0282. The van der Waals surface area contributed by atoms with Crippen molar-refractivity contribution in [2.24, 2.45) is 5.92 Å². The zero-order valence-corrected chi connectivity index (χ0v) is 39.2. The van der Waals surface area contributed by atoms with Gasteiger partial charge in [0.2, 0.25) is 0 Å². The van der Waals surface area contributed by atoms with E-state index >= 15 is 8.78 Å². The van der Waals surface area contributed by atoms with Gasteiger partial charge in [-0.1, -0.05) is 58.4 Å². The Balaban J connectivity index is 2.37. The molecule has 2 rings (SSSR count). The fraction of sp³-hybridized carbons (Fsp3) is 0.581. The topological polar surface area (TPSA) is 83.1 Å². The lowest BCUT2D eigenvalue weighted by Gasteiger charge is -2.44. The zero-order chi connectivity index (χ0) is 54.4. The lowest BCUT2D eigenvalue weighted by atomic mass is 9.88. The molecule has 0 aliphatic heterocycles. The number of alkyl halides is 17. The summed E-state index contributed by atoms with van der Waals surface area (Å²) in [5, 5.41) is 2.16. The number of hydrogen-bond acceptors (Lipinski definition) is 6. The second-order valence-electron chi connectivity index (χ2n) is 16.6. The molecule has 2 aromatic rings. The van der Waals surface area contributed by atoms with Crippen molar-refractivity contribution in [3.05, 3.63) is 83.0 Å². The molecule has 0 aromatic heterocycles. The Kier molecular flexibility index (Phi) is 19.6. The number of carbonyl (C=O) groups is 2. The van der Waals surface area contributed by atoms with E-state index in [9.17, 15) is 84.2 Å². The number of nitrogens with one attached hydrogen (secondary N) is 1. The average molecular weight is 1060 g/mol. The molecule has 398 valence electrons. The van der Waals surface area contributed by atoms with E-state index in [-0.39, 0.29) is 17.9 Å². The lowest BCUT2D eigenvalue weighted by Crippen LogP contribution is -2.74. The minimum Gasteiger partial charge on any atom is -0.491 e. The third kappa shape index (κ3) is 12.7. The average Bonchev–Trinajstić information content (AvgIpc) is 3.22. The van der Waals surface area contributed by atoms with Crippen LogP contribution in [0.1, 0.15) is 73.5 Å². The Labute approximate surface area is 389 Å². The molecule has 0 radical (unpaired) electrons. The van der Waals surface area contributed by atoms with Crippen molar-refractivity contribution in [2.75, 3.05) is 25.1 Å². The van der Waals surface area contributed by atoms with Crippen molar-refractivity contribution in [2.45, 2.75) is 133 Å². The van der Waals surface area contributed by atoms with Gasteiger partial charge in [-0.3, -0.25) is 5.32 Å². The molecule has 27 heteroatoms. The maximum Gasteiger partial charge on any atom is 0.460 e. The highest BCUT2D eigenvalue weighted by Crippen LogP contribution is 2.64. The van der Waals surface area contributed by atoms with Crippen LogP contribution in [0.5, 0.6) is 5.75 Å². The van der Waals surface area contributed by atoms with Crippen LogP contribution in [-0.4, -0.2) is 87.8 Å². The monoisotopic (exact) mass is 1060 g/mol. The van der Waals surface area contributed by atoms with Crippen molar-refractivity contribution in [3.63, 3.8) is 0 Å². The number of allylic oxidation sites excluding steroid dienone is 2. The van der Waals surface area contributed by atoms with Gasteiger partial charge < -0.3 is 18.6 Å². The molecule has 0 spiro atoms. The second kappa shape index (κ2) is 22.4. The molecule has 0 aliphatic rings. The van der Waals surface area contributed by atoms with Crippen molar-refractivity contribution in [3.8, 4) is 5.75 Å². The first kappa shape index (κ1) is 61.4. The molecule has 0 unspecified atom stereocenters. The molecule has 0 aliphatic carbocycles. The Hall–Kier alpha value is -4.69. The van der Waals surface area contributed by atoms with Gasteiger partial charge in [0, 0.05) is 24.5 Å². The number of benzene rings is 2. The highest BCUT2D eigenvalue weighted by atomic mass is 28.4. The maximum absolute atomic E-state index is 15.0. The number of hydrogen-bond donors (Lipinski definition) is 1. The van der Waals surface area contributed by atoms with E-state index in [4.69, 9.17) is 18.6 Å². The molecule has 1 amide bonds. The number of anilines is 1. The summed E-state index contributed by atoms with van der Waals surface area (Å²) in [5.41, 5.74) is -1.00. The molecular weight excluding hydrogens is 1020 g/mol. The molecule has 2 atom stereocenters. The van der Waals surface area contributed by atoms with Crippen LogP contribution in [0.3, 0.4) is 0 Å². The summed E-state index contributed by atoms with van der Waals surface area (Å²) < 4.78 is 286. The lowest BCUT2D eigenvalue weighted by molar-refractivity contribution is -0.461. The van der Waals surface area contributed by atoms with Crippen molar-refractivity contribution in [1.82, 2.24) is 0 Å². The number of halogens is 19. The van der Waals surface area contributed by atoms with Crippen LogP contribution < -0.4 is 10.1 Å². The standard InChI is InChI=1S/C43H48F19NO6Si/c1-9-66-33(64)21-25(6)20-26(7)27(8)34(69-35(65)63-32-15-12-29(44)22-31(32)45)28-10-13-30(14-11-28)67-17-18-68-70(23(2)3,24(4)5)19-16-36(46,47)37(48,49)38(50,51)39(52,53)40(54,55)41(56,57)42(58,59)43(60,61)62/h10-15,20-24,27,34H,9,16-19H2,1-8H3,(H,63,65)/b25-21+,26-20+/t27-,34-/m1/s1. The normalized spacial score (nSPS) is 15.3. The summed E-state index contributed by atoms with van der Waals surface area (Å²) in [6, 6.07) is 6.42. The summed E-state index contributed by atoms with van der Waals surface area (Å²) in [7, 11) is -4.07. The first-order valence-corrected chi connectivity index (χ1v) is 22.9. The summed E-state index contributed by atoms with van der Waals surface area (Å²) in [6.07, 6.45) is -10.0. The van der Waals surface area contributed by atoms with Gasteiger partial charge in [0.05, 0.1) is 18.9 Å². The number of carbonyl (C=O) groups excluding carboxylic acids is 2. The van der Waals surface area contributed by atoms with Gasteiger partial charge >= 0.3 is 59.7 Å². The van der Waals surface area contributed by atoms with E-state index in [1.165, 1.54) is 58.0 Å². The van der Waals surface area contributed by atoms with E-state index in [2.05, 4.69) is 5.32 Å². The number of amides is 1. The van der Waals surface area contributed by atoms with E-state index in [1.54, 1.807) is 33.8 Å². The van der Waals surface area contributed by atoms with Crippen LogP contribution in [0, 0.1) is 17.6 Å². The first-order valence-electron chi connectivity index (χ1n) is 20.7. The van der Waals surface area contributed by atoms with Gasteiger partial charge in [-0.25, -0.2) is 18.4 Å². The minimum absolute atomic E-state index is 0.0446. The Morgan fingerprint density at radius 2 is 1.17 bits per heavy atom. The van der Waals surface area contributed by atoms with Gasteiger partial charge in [0.25, 0.3) is 0 Å². The highest BCUT2D eigenvalue weighted by molar-refractivity contribution is 6.76. The number of esters is 1. The van der Waals surface area contributed by atoms with Crippen LogP contribution in [0.15, 0.2) is 65.8 Å². The summed E-state index contributed by atoms with van der Waals surface area (Å²) in [5.74, 6) is -60.3. The van der Waals surface area contributed by atoms with Crippen molar-refractivity contribution in [1.29, 1.82) is 0 Å². The Bertz CT molecular complexity index is 2150. The summed E-state index contributed by atoms with van der Waals surface area (Å²) in [6.45, 7) is 10.7. The fourth-order valence-electron chi connectivity index (χ4n) is 6.95. The molecule has 70 heavy (non-hydrogen) atoms.